The summed E-state index contributed by atoms with van der Waals surface area (Å²) in [6.45, 7) is 2.85. The molecule has 3 nitrogen and oxygen atoms in total. The molecule has 1 heterocycles. The molecule has 0 unspecified atom stereocenters. The number of hydrogen-bond donors (Lipinski definition) is 1. The predicted octanol–water partition coefficient (Wildman–Crippen LogP) is 1.52. The van der Waals surface area contributed by atoms with E-state index in [2.05, 4.69) is 6.92 Å². The Morgan fingerprint density at radius 2 is 2.23 bits per heavy atom. The summed E-state index contributed by atoms with van der Waals surface area (Å²) in [5, 5.41) is 9.05. The quantitative estimate of drug-likeness (QED) is 0.672. The van der Waals surface area contributed by atoms with Crippen LogP contribution in [0.25, 0.3) is 0 Å². The van der Waals surface area contributed by atoms with Crippen molar-refractivity contribution < 1.29 is 14.6 Å². The van der Waals surface area contributed by atoms with Crippen LogP contribution in [0.5, 0.6) is 0 Å². The fourth-order valence-electron chi connectivity index (χ4n) is 2.82. The predicted molar refractivity (Wildman–Crippen MR) is 47.4 cm³/mol. The summed E-state index contributed by atoms with van der Waals surface area (Å²) in [6, 6.07) is 0. The molecule has 1 aliphatic carbocycles. The summed E-state index contributed by atoms with van der Waals surface area (Å²) in [7, 11) is 0. The Morgan fingerprint density at radius 3 is 2.92 bits per heavy atom. The molecule has 13 heavy (non-hydrogen) atoms. The van der Waals surface area contributed by atoms with Crippen LogP contribution in [0.15, 0.2) is 0 Å². The van der Waals surface area contributed by atoms with Gasteiger partial charge in [0.05, 0.1) is 12.0 Å². The van der Waals surface area contributed by atoms with E-state index in [9.17, 15) is 4.79 Å². The summed E-state index contributed by atoms with van der Waals surface area (Å²) in [6.07, 6.45) is 3.12. The van der Waals surface area contributed by atoms with Crippen LogP contribution in [0.2, 0.25) is 0 Å². The van der Waals surface area contributed by atoms with Crippen LogP contribution >= 0.6 is 0 Å². The van der Waals surface area contributed by atoms with Crippen LogP contribution in [0.4, 0.5) is 0 Å². The lowest BCUT2D eigenvalue weighted by Crippen LogP contribution is -2.36. The van der Waals surface area contributed by atoms with E-state index in [0.29, 0.717) is 5.92 Å². The van der Waals surface area contributed by atoms with Crippen molar-refractivity contribution in [3.8, 4) is 0 Å². The Labute approximate surface area is 78.1 Å². The van der Waals surface area contributed by atoms with Crippen molar-refractivity contribution >= 4 is 5.97 Å². The molecule has 1 saturated carbocycles. The van der Waals surface area contributed by atoms with E-state index in [1.165, 1.54) is 0 Å². The maximum absolute atomic E-state index is 11.0. The zero-order chi connectivity index (χ0) is 9.42. The lowest BCUT2D eigenvalue weighted by molar-refractivity contribution is -0.146. The van der Waals surface area contributed by atoms with Crippen molar-refractivity contribution in [3.05, 3.63) is 0 Å². The lowest BCUT2D eigenvalue weighted by atomic mass is 9.73. The first-order valence-corrected chi connectivity index (χ1v) is 5.04. The summed E-state index contributed by atoms with van der Waals surface area (Å²) >= 11 is 0. The molecule has 0 spiro atoms. The first-order valence-electron chi connectivity index (χ1n) is 5.04. The zero-order valence-corrected chi connectivity index (χ0v) is 7.90. The molecule has 4 atom stereocenters. The van der Waals surface area contributed by atoms with E-state index in [-0.39, 0.29) is 17.9 Å². The molecule has 2 rings (SSSR count). The van der Waals surface area contributed by atoms with Gasteiger partial charge in [0.25, 0.3) is 0 Å². The van der Waals surface area contributed by atoms with Crippen LogP contribution in [0, 0.1) is 17.8 Å². The van der Waals surface area contributed by atoms with Crippen LogP contribution < -0.4 is 0 Å². The molecule has 3 heteroatoms. The van der Waals surface area contributed by atoms with Crippen LogP contribution in [0.3, 0.4) is 0 Å². The first-order chi connectivity index (χ1) is 6.20. The SMILES string of the molecule is C[C@H]1CO[C@H]2CCC[C@@H](C(=O)O)[C@H]21. The number of ether oxygens (including phenoxy) is 1. The number of aliphatic carboxylic acids is 1. The van der Waals surface area contributed by atoms with Gasteiger partial charge in [-0.1, -0.05) is 6.92 Å². The van der Waals surface area contributed by atoms with Gasteiger partial charge in [-0.05, 0) is 25.2 Å². The van der Waals surface area contributed by atoms with Crippen molar-refractivity contribution in [2.45, 2.75) is 32.3 Å². The van der Waals surface area contributed by atoms with E-state index in [0.717, 1.165) is 25.9 Å². The highest BCUT2D eigenvalue weighted by Crippen LogP contribution is 2.41. The normalized spacial score (nSPS) is 44.4. The molecule has 0 aromatic carbocycles. The molecule has 74 valence electrons. The fraction of sp³-hybridized carbons (Fsp3) is 0.900. The second-order valence-corrected chi connectivity index (χ2v) is 4.30. The minimum atomic E-state index is -0.632. The van der Waals surface area contributed by atoms with E-state index in [1.54, 1.807) is 0 Å². The summed E-state index contributed by atoms with van der Waals surface area (Å²) in [5.74, 6) is -0.0963. The Balaban J connectivity index is 2.14. The molecule has 0 aromatic rings. The molecular weight excluding hydrogens is 168 g/mol. The van der Waals surface area contributed by atoms with Crippen molar-refractivity contribution in [2.75, 3.05) is 6.61 Å². The molecule has 0 amide bonds. The van der Waals surface area contributed by atoms with Crippen LogP contribution in [0.1, 0.15) is 26.2 Å². The third kappa shape index (κ3) is 1.46. The number of carbonyl (C=O) groups is 1. The average molecular weight is 184 g/mol. The molecular formula is C10H16O3. The Hall–Kier alpha value is -0.570. The van der Waals surface area contributed by atoms with E-state index in [4.69, 9.17) is 9.84 Å². The molecule has 1 N–H and O–H groups in total. The third-order valence-electron chi connectivity index (χ3n) is 3.45. The zero-order valence-electron chi connectivity index (χ0n) is 7.90. The van der Waals surface area contributed by atoms with Gasteiger partial charge in [0.15, 0.2) is 0 Å². The topological polar surface area (TPSA) is 46.5 Å². The van der Waals surface area contributed by atoms with Gasteiger partial charge >= 0.3 is 5.97 Å². The molecule has 2 aliphatic rings. The van der Waals surface area contributed by atoms with Crippen molar-refractivity contribution in [1.82, 2.24) is 0 Å². The minimum Gasteiger partial charge on any atom is -0.481 e. The number of fused-ring (bicyclic) bond motifs is 1. The minimum absolute atomic E-state index is 0.156. The smallest absolute Gasteiger partial charge is 0.306 e. The molecule has 1 aliphatic heterocycles. The third-order valence-corrected chi connectivity index (χ3v) is 3.45. The van der Waals surface area contributed by atoms with Crippen LogP contribution in [-0.4, -0.2) is 23.8 Å². The Morgan fingerprint density at radius 1 is 1.46 bits per heavy atom. The van der Waals surface area contributed by atoms with Crippen molar-refractivity contribution in [3.63, 3.8) is 0 Å². The van der Waals surface area contributed by atoms with Crippen LogP contribution in [-0.2, 0) is 9.53 Å². The summed E-state index contributed by atoms with van der Waals surface area (Å²) in [5.41, 5.74) is 0. The number of rotatable bonds is 1. The van der Waals surface area contributed by atoms with Gasteiger partial charge in [-0.25, -0.2) is 0 Å². The van der Waals surface area contributed by atoms with Gasteiger partial charge < -0.3 is 9.84 Å². The lowest BCUT2D eigenvalue weighted by Gasteiger charge is -2.31. The van der Waals surface area contributed by atoms with Crippen molar-refractivity contribution in [2.24, 2.45) is 17.8 Å². The van der Waals surface area contributed by atoms with Gasteiger partial charge in [0.1, 0.15) is 0 Å². The standard InChI is InChI=1S/C10H16O3/c1-6-5-13-8-4-2-3-7(9(6)8)10(11)12/h6-9H,2-5H2,1H3,(H,11,12)/t6-,7+,8-,9+/m0/s1. The van der Waals surface area contributed by atoms with Gasteiger partial charge in [0.2, 0.25) is 0 Å². The molecule has 0 aromatic heterocycles. The summed E-state index contributed by atoms with van der Waals surface area (Å²) < 4.78 is 5.59. The maximum atomic E-state index is 11.0. The van der Waals surface area contributed by atoms with Gasteiger partial charge in [-0.2, -0.15) is 0 Å². The highest BCUT2D eigenvalue weighted by molar-refractivity contribution is 5.70. The number of carboxylic acids is 1. The highest BCUT2D eigenvalue weighted by atomic mass is 16.5. The monoisotopic (exact) mass is 184 g/mol. The summed E-state index contributed by atoms with van der Waals surface area (Å²) in [4.78, 5) is 11.0. The molecule has 0 bridgehead atoms. The maximum Gasteiger partial charge on any atom is 0.306 e. The molecule has 1 saturated heterocycles. The van der Waals surface area contributed by atoms with Crippen molar-refractivity contribution in [1.29, 1.82) is 0 Å². The van der Waals surface area contributed by atoms with Gasteiger partial charge in [-0.3, -0.25) is 4.79 Å². The Kier molecular flexibility index (Phi) is 2.28. The number of carboxylic acid groups (broad SMARTS) is 1. The highest BCUT2D eigenvalue weighted by Gasteiger charge is 2.44. The second-order valence-electron chi connectivity index (χ2n) is 4.30. The van der Waals surface area contributed by atoms with Gasteiger partial charge in [-0.15, -0.1) is 0 Å². The molecule has 2 fully saturated rings. The second kappa shape index (κ2) is 3.29. The first kappa shape index (κ1) is 9.00. The number of hydrogen-bond acceptors (Lipinski definition) is 2. The average Bonchev–Trinajstić information content (AvgIpc) is 2.48. The van der Waals surface area contributed by atoms with E-state index >= 15 is 0 Å². The van der Waals surface area contributed by atoms with E-state index < -0.39 is 5.97 Å². The Bertz CT molecular complexity index is 212. The molecule has 0 radical (unpaired) electrons. The van der Waals surface area contributed by atoms with E-state index in [1.807, 2.05) is 0 Å². The largest absolute Gasteiger partial charge is 0.481 e. The van der Waals surface area contributed by atoms with Gasteiger partial charge in [0, 0.05) is 12.5 Å². The fourth-order valence-corrected chi connectivity index (χ4v) is 2.82.